The van der Waals surface area contributed by atoms with Crippen molar-refractivity contribution in [1.82, 2.24) is 0 Å². The van der Waals surface area contributed by atoms with Crippen molar-refractivity contribution in [3.05, 3.63) is 0 Å². The SMILES string of the molecule is CCCCC(C)(CCC)C(=O)[O-].CCCCCC(C)(CC)C(=O)[O-].CCCCCCC(C)(C)C(=O)[O-].[Nd+3]. The predicted molar refractivity (Wildman–Crippen MR) is 143 cm³/mol. The van der Waals surface area contributed by atoms with E-state index in [2.05, 4.69) is 20.8 Å². The molecule has 2 unspecified atom stereocenters. The molecule has 0 aromatic heterocycles. The van der Waals surface area contributed by atoms with E-state index in [0.29, 0.717) is 6.42 Å². The van der Waals surface area contributed by atoms with Gasteiger partial charge in [-0.05, 0) is 32.1 Å². The minimum absolute atomic E-state index is 0. The van der Waals surface area contributed by atoms with Crippen LogP contribution in [0.15, 0.2) is 0 Å². The summed E-state index contributed by atoms with van der Waals surface area (Å²) < 4.78 is 0. The molecule has 0 aliphatic rings. The molecule has 0 rings (SSSR count). The van der Waals surface area contributed by atoms with Crippen molar-refractivity contribution < 1.29 is 70.5 Å². The molecule has 0 aromatic rings. The molecular formula is C30H57NdO6. The Labute approximate surface area is 261 Å². The maximum Gasteiger partial charge on any atom is 3.00 e. The molecule has 0 spiro atoms. The Morgan fingerprint density at radius 3 is 1.24 bits per heavy atom. The van der Waals surface area contributed by atoms with Gasteiger partial charge >= 0.3 is 40.8 Å². The van der Waals surface area contributed by atoms with E-state index in [9.17, 15) is 29.7 Å². The van der Waals surface area contributed by atoms with Gasteiger partial charge in [0.2, 0.25) is 0 Å². The molecule has 2 atom stereocenters. The zero-order valence-electron chi connectivity index (χ0n) is 25.6. The molecule has 0 N–H and O–H groups in total. The van der Waals surface area contributed by atoms with Gasteiger partial charge in [0.05, 0.1) is 0 Å². The molecule has 0 saturated heterocycles. The van der Waals surface area contributed by atoms with Crippen LogP contribution < -0.4 is 15.3 Å². The molecule has 217 valence electrons. The monoisotopic (exact) mass is 655 g/mol. The van der Waals surface area contributed by atoms with Crippen molar-refractivity contribution in [3.63, 3.8) is 0 Å². The van der Waals surface area contributed by atoms with Crippen LogP contribution in [0.3, 0.4) is 0 Å². The normalized spacial score (nSPS) is 13.9. The van der Waals surface area contributed by atoms with Gasteiger partial charge in [-0.25, -0.2) is 0 Å². The van der Waals surface area contributed by atoms with Gasteiger partial charge in [-0.3, -0.25) is 0 Å². The van der Waals surface area contributed by atoms with E-state index >= 15 is 0 Å². The molecule has 6 nitrogen and oxygen atoms in total. The second kappa shape index (κ2) is 24.8. The minimum Gasteiger partial charge on any atom is -0.550 e. The summed E-state index contributed by atoms with van der Waals surface area (Å²) in [4.78, 5) is 32.1. The molecule has 0 fully saturated rings. The van der Waals surface area contributed by atoms with Crippen LogP contribution in [0.2, 0.25) is 0 Å². The molecule has 0 heterocycles. The van der Waals surface area contributed by atoms with Crippen LogP contribution in [0, 0.1) is 57.1 Å². The molecule has 37 heavy (non-hydrogen) atoms. The van der Waals surface area contributed by atoms with Crippen LogP contribution >= 0.6 is 0 Å². The summed E-state index contributed by atoms with van der Waals surface area (Å²) >= 11 is 0. The van der Waals surface area contributed by atoms with Crippen molar-refractivity contribution in [2.45, 2.75) is 159 Å². The van der Waals surface area contributed by atoms with E-state index in [-0.39, 0.29) is 40.8 Å². The first kappa shape index (κ1) is 43.8. The van der Waals surface area contributed by atoms with Gasteiger partial charge in [-0.1, -0.05) is 127 Å². The van der Waals surface area contributed by atoms with Gasteiger partial charge in [0, 0.05) is 34.2 Å². The summed E-state index contributed by atoms with van der Waals surface area (Å²) in [6.07, 6.45) is 14.3. The number of hydrogen-bond donors (Lipinski definition) is 0. The van der Waals surface area contributed by atoms with Crippen molar-refractivity contribution in [3.8, 4) is 0 Å². The first-order valence-electron chi connectivity index (χ1n) is 14.3. The Morgan fingerprint density at radius 1 is 0.486 bits per heavy atom. The van der Waals surface area contributed by atoms with Crippen LogP contribution in [-0.4, -0.2) is 17.9 Å². The number of carboxylic acid groups (broad SMARTS) is 3. The molecule has 0 aliphatic heterocycles. The summed E-state index contributed by atoms with van der Waals surface area (Å²) in [5.74, 6) is -2.72. The Balaban J connectivity index is -0.000000218. The first-order valence-corrected chi connectivity index (χ1v) is 14.3. The van der Waals surface area contributed by atoms with E-state index in [1.165, 1.54) is 12.8 Å². The topological polar surface area (TPSA) is 120 Å². The number of unbranched alkanes of at least 4 members (excludes halogenated alkanes) is 6. The molecule has 0 aromatic carbocycles. The standard InChI is InChI=1S/3C10H20O2.Nd/c1-4-5-6-7-8-10(2,3)9(11)12;1-4-6-7-8-10(3,5-2)9(11)12;1-4-6-8-10(3,7-5-2)9(11)12;/h3*4-8H2,1-3H3,(H,11,12);/q;;;+3/p-3. The van der Waals surface area contributed by atoms with E-state index in [1.807, 2.05) is 13.8 Å². The van der Waals surface area contributed by atoms with Crippen LogP contribution in [0.1, 0.15) is 159 Å². The van der Waals surface area contributed by atoms with E-state index in [4.69, 9.17) is 0 Å². The van der Waals surface area contributed by atoms with E-state index in [1.54, 1.807) is 27.7 Å². The quantitative estimate of drug-likeness (QED) is 0.187. The zero-order valence-corrected chi connectivity index (χ0v) is 28.8. The van der Waals surface area contributed by atoms with Gasteiger partial charge in [0.25, 0.3) is 0 Å². The van der Waals surface area contributed by atoms with Gasteiger partial charge in [0.1, 0.15) is 0 Å². The van der Waals surface area contributed by atoms with Crippen LogP contribution in [0.5, 0.6) is 0 Å². The fourth-order valence-electron chi connectivity index (χ4n) is 3.73. The fraction of sp³-hybridized carbons (Fsp3) is 0.900. The van der Waals surface area contributed by atoms with Crippen molar-refractivity contribution in [1.29, 1.82) is 0 Å². The minimum atomic E-state index is -0.931. The number of carboxylic acids is 3. The average molecular weight is 658 g/mol. The molecule has 0 aliphatic carbocycles. The number of carbonyl (C=O) groups is 3. The fourth-order valence-corrected chi connectivity index (χ4v) is 3.73. The molecule has 7 heteroatoms. The number of aliphatic carboxylic acids is 3. The van der Waals surface area contributed by atoms with E-state index in [0.717, 1.165) is 77.0 Å². The predicted octanol–water partition coefficient (Wildman–Crippen LogP) is 5.20. The number of carbonyl (C=O) groups excluding carboxylic acids is 3. The summed E-state index contributed by atoms with van der Waals surface area (Å²) in [6.45, 7) is 17.3. The van der Waals surface area contributed by atoms with Crippen LogP contribution in [-0.2, 0) is 14.4 Å². The van der Waals surface area contributed by atoms with Crippen LogP contribution in [0.25, 0.3) is 0 Å². The third-order valence-electron chi connectivity index (χ3n) is 7.19. The Kier molecular flexibility index (Phi) is 29.3. The molecule has 0 amide bonds. The summed E-state index contributed by atoms with van der Waals surface area (Å²) in [6, 6.07) is 0. The number of hydrogen-bond acceptors (Lipinski definition) is 6. The summed E-state index contributed by atoms with van der Waals surface area (Å²) in [7, 11) is 0. The first-order chi connectivity index (χ1) is 16.6. The third-order valence-corrected chi connectivity index (χ3v) is 7.19. The smallest absolute Gasteiger partial charge is 0.550 e. The molecule has 1 radical (unpaired) electrons. The Bertz CT molecular complexity index is 593. The Hall–Kier alpha value is -0.239. The molecule has 0 bridgehead atoms. The Morgan fingerprint density at radius 2 is 0.892 bits per heavy atom. The largest absolute Gasteiger partial charge is 3.00 e. The molecule has 0 saturated carbocycles. The second-order valence-corrected chi connectivity index (χ2v) is 11.3. The van der Waals surface area contributed by atoms with Gasteiger partial charge in [-0.15, -0.1) is 0 Å². The van der Waals surface area contributed by atoms with Gasteiger partial charge in [0.15, 0.2) is 0 Å². The van der Waals surface area contributed by atoms with E-state index < -0.39 is 34.2 Å². The summed E-state index contributed by atoms with van der Waals surface area (Å²) in [5, 5.41) is 32.1. The molecular weight excluding hydrogens is 601 g/mol. The van der Waals surface area contributed by atoms with Gasteiger partial charge < -0.3 is 29.7 Å². The number of rotatable bonds is 18. The maximum absolute atomic E-state index is 10.8. The average Bonchev–Trinajstić information content (AvgIpc) is 2.81. The van der Waals surface area contributed by atoms with Crippen molar-refractivity contribution in [2.24, 2.45) is 16.2 Å². The van der Waals surface area contributed by atoms with Crippen LogP contribution in [0.4, 0.5) is 0 Å². The van der Waals surface area contributed by atoms with Crippen molar-refractivity contribution >= 4 is 17.9 Å². The third kappa shape index (κ3) is 22.3. The second-order valence-electron chi connectivity index (χ2n) is 11.3. The van der Waals surface area contributed by atoms with Gasteiger partial charge in [-0.2, -0.15) is 0 Å². The summed E-state index contributed by atoms with van der Waals surface area (Å²) in [5.41, 5.74) is -1.84. The maximum atomic E-state index is 10.8. The van der Waals surface area contributed by atoms with Crippen molar-refractivity contribution in [2.75, 3.05) is 0 Å². The zero-order chi connectivity index (χ0) is 28.8.